The van der Waals surface area contributed by atoms with Crippen LogP contribution in [-0.4, -0.2) is 16.9 Å². The lowest BCUT2D eigenvalue weighted by Crippen LogP contribution is -2.40. The molecule has 0 unspecified atom stereocenters. The van der Waals surface area contributed by atoms with Gasteiger partial charge in [0.15, 0.2) is 0 Å². The highest BCUT2D eigenvalue weighted by Gasteiger charge is 2.67. The van der Waals surface area contributed by atoms with Crippen LogP contribution in [0.5, 0.6) is 5.75 Å². The lowest BCUT2D eigenvalue weighted by atomic mass is 9.63. The van der Waals surface area contributed by atoms with Gasteiger partial charge in [-0.15, -0.1) is 0 Å². The SMILES string of the molecule is O=C1[C@@H]2[C@@H]3C=C[C@H]([C@@H]4C[C@H]34)[C@H]2C(=O)N1c1cccc(O)c1. The molecule has 4 nitrogen and oxygen atoms in total. The number of benzene rings is 1. The number of allylic oxidation sites excluding steroid dienone is 2. The van der Waals surface area contributed by atoms with Crippen LogP contribution in [0.4, 0.5) is 5.69 Å². The van der Waals surface area contributed by atoms with Gasteiger partial charge in [0.05, 0.1) is 17.5 Å². The van der Waals surface area contributed by atoms with Crippen molar-refractivity contribution in [2.45, 2.75) is 6.42 Å². The molecule has 1 aromatic rings. The van der Waals surface area contributed by atoms with Gasteiger partial charge in [-0.2, -0.15) is 0 Å². The van der Waals surface area contributed by atoms with Crippen LogP contribution in [0, 0.1) is 35.5 Å². The maximum atomic E-state index is 12.8. The number of aromatic hydroxyl groups is 1. The number of amides is 2. The molecular weight excluding hydrogens is 266 g/mol. The van der Waals surface area contributed by atoms with Crippen LogP contribution >= 0.6 is 0 Å². The highest BCUT2D eigenvalue weighted by Crippen LogP contribution is 2.65. The van der Waals surface area contributed by atoms with Crippen molar-refractivity contribution in [1.29, 1.82) is 0 Å². The van der Waals surface area contributed by atoms with Crippen LogP contribution in [-0.2, 0) is 9.59 Å². The fraction of sp³-hybridized carbons (Fsp3) is 0.412. The lowest BCUT2D eigenvalue weighted by Gasteiger charge is -2.37. The zero-order chi connectivity index (χ0) is 14.3. The van der Waals surface area contributed by atoms with Crippen LogP contribution in [0.15, 0.2) is 36.4 Å². The second-order valence-corrected chi connectivity index (χ2v) is 6.69. The van der Waals surface area contributed by atoms with Gasteiger partial charge in [-0.1, -0.05) is 18.2 Å². The zero-order valence-electron chi connectivity index (χ0n) is 11.3. The van der Waals surface area contributed by atoms with Crippen LogP contribution < -0.4 is 4.90 Å². The number of carbonyl (C=O) groups is 2. The van der Waals surface area contributed by atoms with Crippen molar-refractivity contribution >= 4 is 17.5 Å². The molecule has 3 fully saturated rings. The van der Waals surface area contributed by atoms with E-state index >= 15 is 0 Å². The summed E-state index contributed by atoms with van der Waals surface area (Å²) in [6, 6.07) is 6.41. The smallest absolute Gasteiger partial charge is 0.238 e. The number of phenols is 1. The summed E-state index contributed by atoms with van der Waals surface area (Å²) >= 11 is 0. The van der Waals surface area contributed by atoms with E-state index in [1.54, 1.807) is 18.2 Å². The molecule has 106 valence electrons. The van der Waals surface area contributed by atoms with Gasteiger partial charge >= 0.3 is 0 Å². The van der Waals surface area contributed by atoms with E-state index in [1.807, 2.05) is 0 Å². The fourth-order valence-corrected chi connectivity index (χ4v) is 4.84. The maximum absolute atomic E-state index is 12.8. The molecule has 0 radical (unpaired) electrons. The molecular formula is C17H15NO3. The third-order valence-electron chi connectivity index (χ3n) is 5.75. The molecule has 0 spiro atoms. The van der Waals surface area contributed by atoms with Crippen molar-refractivity contribution < 1.29 is 14.7 Å². The summed E-state index contributed by atoms with van der Waals surface area (Å²) in [6.45, 7) is 0. The van der Waals surface area contributed by atoms with Gasteiger partial charge < -0.3 is 5.11 Å². The standard InChI is InChI=1S/C17H15NO3/c19-9-3-1-2-8(6-9)18-16(20)14-10-4-5-11(13-7-12(10)13)15(14)17(18)21/h1-6,10-15,19H,7H2/t10-,11-,12-,13+,14-,15-/m1/s1. The lowest BCUT2D eigenvalue weighted by molar-refractivity contribution is -0.124. The number of hydrogen-bond donors (Lipinski definition) is 1. The number of carbonyl (C=O) groups excluding carboxylic acids is 2. The van der Waals surface area contributed by atoms with Crippen LogP contribution in [0.25, 0.3) is 0 Å². The molecule has 21 heavy (non-hydrogen) atoms. The Morgan fingerprint density at radius 2 is 1.62 bits per heavy atom. The Balaban J connectivity index is 1.60. The van der Waals surface area contributed by atoms with Crippen LogP contribution in [0.3, 0.4) is 0 Å². The van der Waals surface area contributed by atoms with Crippen LogP contribution in [0.2, 0.25) is 0 Å². The highest BCUT2D eigenvalue weighted by atomic mass is 16.3. The number of hydrogen-bond acceptors (Lipinski definition) is 3. The average Bonchev–Trinajstić information content (AvgIpc) is 3.24. The Labute approximate surface area is 122 Å². The van der Waals surface area contributed by atoms with Crippen molar-refractivity contribution in [3.63, 3.8) is 0 Å². The third-order valence-corrected chi connectivity index (χ3v) is 5.75. The van der Waals surface area contributed by atoms with Crippen molar-refractivity contribution in [3.8, 4) is 5.75 Å². The Morgan fingerprint density at radius 1 is 1.00 bits per heavy atom. The van der Waals surface area contributed by atoms with Gasteiger partial charge in [-0.3, -0.25) is 9.59 Å². The second-order valence-electron chi connectivity index (χ2n) is 6.69. The van der Waals surface area contributed by atoms with Crippen molar-refractivity contribution in [3.05, 3.63) is 36.4 Å². The quantitative estimate of drug-likeness (QED) is 0.632. The van der Waals surface area contributed by atoms with Gasteiger partial charge in [-0.25, -0.2) is 4.90 Å². The summed E-state index contributed by atoms with van der Waals surface area (Å²) in [4.78, 5) is 26.9. The first kappa shape index (κ1) is 11.5. The first-order chi connectivity index (χ1) is 10.2. The number of phenolic OH excluding ortho intramolecular Hbond substituents is 1. The summed E-state index contributed by atoms with van der Waals surface area (Å²) in [6.07, 6.45) is 5.50. The average molecular weight is 281 g/mol. The minimum absolute atomic E-state index is 0.0758. The van der Waals surface area contributed by atoms with E-state index in [1.165, 1.54) is 17.4 Å². The maximum Gasteiger partial charge on any atom is 0.238 e. The Hall–Kier alpha value is -2.10. The molecule has 1 aliphatic heterocycles. The van der Waals surface area contributed by atoms with Crippen molar-refractivity contribution in [1.82, 2.24) is 0 Å². The topological polar surface area (TPSA) is 57.6 Å². The number of imide groups is 1. The largest absolute Gasteiger partial charge is 0.508 e. The van der Waals surface area contributed by atoms with Crippen LogP contribution in [0.1, 0.15) is 6.42 Å². The Kier molecular flexibility index (Phi) is 1.96. The minimum Gasteiger partial charge on any atom is -0.508 e. The molecule has 1 saturated heterocycles. The summed E-state index contributed by atoms with van der Waals surface area (Å²) in [5, 5.41) is 9.61. The number of rotatable bonds is 1. The Bertz CT molecular complexity index is 674. The first-order valence-electron chi connectivity index (χ1n) is 7.52. The molecule has 2 amide bonds. The van der Waals surface area contributed by atoms with Crippen molar-refractivity contribution in [2.24, 2.45) is 35.5 Å². The molecule has 2 bridgehead atoms. The molecule has 1 aromatic carbocycles. The van der Waals surface area contributed by atoms with E-state index in [4.69, 9.17) is 0 Å². The van der Waals surface area contributed by atoms with Gasteiger partial charge in [0.1, 0.15) is 5.75 Å². The third kappa shape index (κ3) is 1.30. The Morgan fingerprint density at radius 3 is 2.19 bits per heavy atom. The molecule has 6 atom stereocenters. The molecule has 2 saturated carbocycles. The number of anilines is 1. The molecule has 1 heterocycles. The predicted molar refractivity (Wildman–Crippen MR) is 75.3 cm³/mol. The molecule has 6 rings (SSSR count). The second kappa shape index (κ2) is 3.56. The number of nitrogens with zero attached hydrogens (tertiary/aromatic N) is 1. The summed E-state index contributed by atoms with van der Waals surface area (Å²) in [7, 11) is 0. The molecule has 4 aliphatic carbocycles. The first-order valence-corrected chi connectivity index (χ1v) is 7.52. The molecule has 4 heteroatoms. The monoisotopic (exact) mass is 281 g/mol. The summed E-state index contributed by atoms with van der Waals surface area (Å²) in [5.41, 5.74) is 0.493. The van der Waals surface area contributed by atoms with Crippen molar-refractivity contribution in [2.75, 3.05) is 4.90 Å². The minimum atomic E-state index is -0.182. The van der Waals surface area contributed by atoms with Gasteiger partial charge in [0.2, 0.25) is 11.8 Å². The summed E-state index contributed by atoms with van der Waals surface area (Å²) < 4.78 is 0. The fourth-order valence-electron chi connectivity index (χ4n) is 4.84. The van der Waals surface area contributed by atoms with Gasteiger partial charge in [-0.05, 0) is 42.2 Å². The van der Waals surface area contributed by atoms with E-state index in [0.717, 1.165) is 0 Å². The van der Waals surface area contributed by atoms with E-state index in [-0.39, 0.29) is 41.2 Å². The predicted octanol–water partition coefficient (Wildman–Crippen LogP) is 1.95. The van der Waals surface area contributed by atoms with Gasteiger partial charge in [0.25, 0.3) is 0 Å². The van der Waals surface area contributed by atoms with E-state index < -0.39 is 0 Å². The normalized spacial score (nSPS) is 42.2. The highest BCUT2D eigenvalue weighted by molar-refractivity contribution is 6.22. The van der Waals surface area contributed by atoms with E-state index in [9.17, 15) is 14.7 Å². The molecule has 5 aliphatic rings. The molecule has 1 N–H and O–H groups in total. The molecule has 0 aromatic heterocycles. The van der Waals surface area contributed by atoms with Gasteiger partial charge in [0, 0.05) is 6.07 Å². The zero-order valence-corrected chi connectivity index (χ0v) is 11.3. The van der Waals surface area contributed by atoms with E-state index in [0.29, 0.717) is 17.5 Å². The summed E-state index contributed by atoms with van der Waals surface area (Å²) in [5.74, 6) is 1.25. The van der Waals surface area contributed by atoms with E-state index in [2.05, 4.69) is 12.2 Å².